The minimum absolute atomic E-state index is 0.171. The summed E-state index contributed by atoms with van der Waals surface area (Å²) in [5.74, 6) is -0.402. The fourth-order valence-electron chi connectivity index (χ4n) is 5.94. The zero-order valence-electron chi connectivity index (χ0n) is 26.5. The Bertz CT molecular complexity index is 1930. The number of fused-ring (bicyclic) bond motifs is 1. The molecule has 10 nitrogen and oxygen atoms in total. The number of H-pyrrole nitrogens is 1. The summed E-state index contributed by atoms with van der Waals surface area (Å²) in [6.07, 6.45) is 3.64. The predicted molar refractivity (Wildman–Crippen MR) is 179 cm³/mol. The molecule has 3 aromatic carbocycles. The van der Waals surface area contributed by atoms with Crippen LogP contribution >= 0.6 is 0 Å². The number of aromatic amines is 1. The molecule has 2 aromatic heterocycles. The van der Waals surface area contributed by atoms with E-state index >= 15 is 0 Å². The van der Waals surface area contributed by atoms with Crippen molar-refractivity contribution in [2.45, 2.75) is 38.1 Å². The smallest absolute Gasteiger partial charge is 0.355 e. The van der Waals surface area contributed by atoms with E-state index in [9.17, 15) is 17.6 Å². The number of benzene rings is 3. The van der Waals surface area contributed by atoms with Gasteiger partial charge in [0.05, 0.1) is 17.7 Å². The van der Waals surface area contributed by atoms with Gasteiger partial charge in [-0.2, -0.15) is 0 Å². The number of likely N-dealkylation sites (tertiary alicyclic amines) is 1. The van der Waals surface area contributed by atoms with Crippen LogP contribution < -0.4 is 4.72 Å². The van der Waals surface area contributed by atoms with Gasteiger partial charge in [-0.25, -0.2) is 22.3 Å². The Labute approximate surface area is 274 Å². The summed E-state index contributed by atoms with van der Waals surface area (Å²) in [7, 11) is -3.61. The van der Waals surface area contributed by atoms with Crippen LogP contribution in [0.4, 0.5) is 4.39 Å². The molecule has 246 valence electrons. The molecule has 0 amide bonds. The standard InChI is InChI=1S/C35H39FN6O4S/c1-24(2)23-46-35(43)34-33(30-20-28(36)10-13-31(30)38-34)32-22-42(40-39-32)21-25-14-17-41(18-15-25)19-16-37-47(44,45)29-11-8-27(9-12-29)26-6-4-3-5-7-26/h3-13,20,22,24-25,37-38H,14-19,21,23H2,1-2H3. The van der Waals surface area contributed by atoms with Crippen LogP contribution in [0.1, 0.15) is 37.2 Å². The average molecular weight is 659 g/mol. The molecule has 12 heteroatoms. The van der Waals surface area contributed by atoms with Crippen LogP contribution in [0.2, 0.25) is 0 Å². The maximum absolute atomic E-state index is 14.2. The molecule has 3 heterocycles. The van der Waals surface area contributed by atoms with Gasteiger partial charge in [0.15, 0.2) is 0 Å². The van der Waals surface area contributed by atoms with Crippen molar-refractivity contribution in [1.82, 2.24) is 29.6 Å². The third-order valence-corrected chi connectivity index (χ3v) is 9.93. The van der Waals surface area contributed by atoms with Crippen molar-refractivity contribution in [3.8, 4) is 22.4 Å². The fraction of sp³-hybridized carbons (Fsp3) is 0.343. The van der Waals surface area contributed by atoms with Crippen LogP contribution in [-0.4, -0.2) is 72.1 Å². The van der Waals surface area contributed by atoms with Gasteiger partial charge in [0.2, 0.25) is 10.0 Å². The molecule has 47 heavy (non-hydrogen) atoms. The highest BCUT2D eigenvalue weighted by Crippen LogP contribution is 2.33. The van der Waals surface area contributed by atoms with E-state index in [-0.39, 0.29) is 23.1 Å². The van der Waals surface area contributed by atoms with Gasteiger partial charge in [-0.05, 0) is 79.2 Å². The molecule has 0 spiro atoms. The van der Waals surface area contributed by atoms with Crippen LogP contribution in [0.5, 0.6) is 0 Å². The van der Waals surface area contributed by atoms with Crippen molar-refractivity contribution >= 4 is 26.9 Å². The summed E-state index contributed by atoms with van der Waals surface area (Å²) < 4.78 is 50.0. The Balaban J connectivity index is 1.02. The van der Waals surface area contributed by atoms with Crippen molar-refractivity contribution in [1.29, 1.82) is 0 Å². The molecule has 0 saturated carbocycles. The van der Waals surface area contributed by atoms with E-state index in [1.807, 2.05) is 56.3 Å². The second-order valence-electron chi connectivity index (χ2n) is 12.5. The van der Waals surface area contributed by atoms with E-state index in [4.69, 9.17) is 4.74 Å². The molecule has 1 fully saturated rings. The third-order valence-electron chi connectivity index (χ3n) is 8.45. The van der Waals surface area contributed by atoms with E-state index in [1.165, 1.54) is 12.1 Å². The molecule has 0 radical (unpaired) electrons. The summed E-state index contributed by atoms with van der Waals surface area (Å²) in [5, 5.41) is 9.23. The largest absolute Gasteiger partial charge is 0.461 e. The van der Waals surface area contributed by atoms with Gasteiger partial charge >= 0.3 is 5.97 Å². The highest BCUT2D eigenvalue weighted by molar-refractivity contribution is 7.89. The zero-order chi connectivity index (χ0) is 33.0. The minimum atomic E-state index is -3.61. The van der Waals surface area contributed by atoms with Crippen molar-refractivity contribution in [3.05, 3.63) is 90.5 Å². The minimum Gasteiger partial charge on any atom is -0.461 e. The van der Waals surface area contributed by atoms with Crippen LogP contribution in [-0.2, 0) is 21.3 Å². The third kappa shape index (κ3) is 7.78. The lowest BCUT2D eigenvalue weighted by atomic mass is 9.97. The molecule has 6 rings (SSSR count). The number of halogens is 1. The van der Waals surface area contributed by atoms with Gasteiger partial charge in [-0.15, -0.1) is 5.10 Å². The molecular weight excluding hydrogens is 619 g/mol. The summed E-state index contributed by atoms with van der Waals surface area (Å²) in [6.45, 7) is 7.46. The highest BCUT2D eigenvalue weighted by atomic mass is 32.2. The number of hydrogen-bond acceptors (Lipinski definition) is 7. The first-order valence-corrected chi connectivity index (χ1v) is 17.4. The van der Waals surface area contributed by atoms with Gasteiger partial charge in [0.1, 0.15) is 17.2 Å². The number of hydrogen-bond donors (Lipinski definition) is 2. The van der Waals surface area contributed by atoms with Crippen LogP contribution in [0.25, 0.3) is 33.3 Å². The van der Waals surface area contributed by atoms with Crippen LogP contribution in [0, 0.1) is 17.7 Å². The SMILES string of the molecule is CC(C)COC(=O)c1[nH]c2ccc(F)cc2c1-c1cn(CC2CCN(CCNS(=O)(=O)c3ccc(-c4ccccc4)cc3)CC2)nn1. The lowest BCUT2D eigenvalue weighted by Gasteiger charge is -2.31. The molecule has 1 aliphatic rings. The van der Waals surface area contributed by atoms with Gasteiger partial charge < -0.3 is 14.6 Å². The maximum Gasteiger partial charge on any atom is 0.355 e. The van der Waals surface area contributed by atoms with Crippen molar-refractivity contribution in [3.63, 3.8) is 0 Å². The summed E-state index contributed by atoms with van der Waals surface area (Å²) in [6, 6.07) is 21.1. The first kappa shape index (κ1) is 32.5. The highest BCUT2D eigenvalue weighted by Gasteiger charge is 2.25. The number of carbonyl (C=O) groups excluding carboxylic acids is 1. The first-order chi connectivity index (χ1) is 22.7. The Morgan fingerprint density at radius 1 is 1.04 bits per heavy atom. The van der Waals surface area contributed by atoms with Crippen molar-refractivity contribution in [2.24, 2.45) is 11.8 Å². The lowest BCUT2D eigenvalue weighted by molar-refractivity contribution is 0.0454. The van der Waals surface area contributed by atoms with E-state index in [1.54, 1.807) is 29.1 Å². The molecule has 1 aliphatic heterocycles. The monoisotopic (exact) mass is 658 g/mol. The molecule has 5 aromatic rings. The number of aromatic nitrogens is 4. The molecule has 0 unspecified atom stereocenters. The lowest BCUT2D eigenvalue weighted by Crippen LogP contribution is -2.40. The first-order valence-electron chi connectivity index (χ1n) is 15.9. The molecule has 2 N–H and O–H groups in total. The molecule has 0 atom stereocenters. The van der Waals surface area contributed by atoms with E-state index in [0.717, 1.165) is 37.1 Å². The second kappa shape index (κ2) is 14.2. The van der Waals surface area contributed by atoms with Crippen LogP contribution in [0.15, 0.2) is 83.9 Å². The molecular formula is C35H39FN6O4S. The van der Waals surface area contributed by atoms with Gasteiger partial charge in [0, 0.05) is 36.1 Å². The number of esters is 1. The molecule has 0 aliphatic carbocycles. The molecule has 1 saturated heterocycles. The number of piperidine rings is 1. The van der Waals surface area contributed by atoms with E-state index in [2.05, 4.69) is 24.9 Å². The molecule has 0 bridgehead atoms. The fourth-order valence-corrected chi connectivity index (χ4v) is 6.96. The number of nitrogens with one attached hydrogen (secondary N) is 2. The summed E-state index contributed by atoms with van der Waals surface area (Å²) in [5.41, 5.74) is 3.79. The zero-order valence-corrected chi connectivity index (χ0v) is 27.3. The maximum atomic E-state index is 14.2. The Kier molecular flexibility index (Phi) is 9.81. The number of carbonyl (C=O) groups is 1. The topological polar surface area (TPSA) is 122 Å². The van der Waals surface area contributed by atoms with Gasteiger partial charge in [-0.1, -0.05) is 61.5 Å². The van der Waals surface area contributed by atoms with Gasteiger partial charge in [-0.3, -0.25) is 4.68 Å². The van der Waals surface area contributed by atoms with E-state index < -0.39 is 21.8 Å². The predicted octanol–water partition coefficient (Wildman–Crippen LogP) is 5.74. The van der Waals surface area contributed by atoms with Crippen molar-refractivity contribution in [2.75, 3.05) is 32.8 Å². The average Bonchev–Trinajstić information content (AvgIpc) is 3.69. The number of sulfonamides is 1. The van der Waals surface area contributed by atoms with Gasteiger partial charge in [0.25, 0.3) is 0 Å². The summed E-state index contributed by atoms with van der Waals surface area (Å²) in [4.78, 5) is 18.6. The Hall–Kier alpha value is -4.39. The second-order valence-corrected chi connectivity index (χ2v) is 14.2. The van der Waals surface area contributed by atoms with Crippen molar-refractivity contribution < 1.29 is 22.3 Å². The Morgan fingerprint density at radius 2 is 1.77 bits per heavy atom. The number of nitrogens with zero attached hydrogens (tertiary/aromatic N) is 4. The Morgan fingerprint density at radius 3 is 2.49 bits per heavy atom. The van der Waals surface area contributed by atoms with Crippen LogP contribution in [0.3, 0.4) is 0 Å². The van der Waals surface area contributed by atoms with E-state index in [0.29, 0.717) is 47.7 Å². The number of rotatable bonds is 12. The normalized spacial score (nSPS) is 14.6. The quantitative estimate of drug-likeness (QED) is 0.164. The number of ether oxygens (including phenoxy) is 1. The summed E-state index contributed by atoms with van der Waals surface area (Å²) >= 11 is 0.